The first-order valence-corrected chi connectivity index (χ1v) is 9.93. The number of rotatable bonds is 6. The van der Waals surface area contributed by atoms with Crippen molar-refractivity contribution in [2.45, 2.75) is 9.79 Å². The average Bonchev–Trinajstić information content (AvgIpc) is 2.27. The van der Waals surface area contributed by atoms with Crippen LogP contribution >= 0.6 is 11.8 Å². The second kappa shape index (κ2) is 6.21. The van der Waals surface area contributed by atoms with Crippen molar-refractivity contribution in [2.75, 3.05) is 24.8 Å². The quantitative estimate of drug-likeness (QED) is 0.619. The Morgan fingerprint density at radius 3 is 2.42 bits per heavy atom. The van der Waals surface area contributed by atoms with E-state index < -0.39 is 30.6 Å². The van der Waals surface area contributed by atoms with Gasteiger partial charge in [-0.3, -0.25) is 0 Å². The van der Waals surface area contributed by atoms with Gasteiger partial charge in [0.15, 0.2) is 9.84 Å². The van der Waals surface area contributed by atoms with Crippen molar-refractivity contribution in [2.24, 2.45) is 0 Å². The molecular formula is C10H14FNO4S3. The first-order valence-electron chi connectivity index (χ1n) is 5.16. The number of hydrogen-bond donors (Lipinski definition) is 1. The summed E-state index contributed by atoms with van der Waals surface area (Å²) in [6.07, 6.45) is 2.73. The summed E-state index contributed by atoms with van der Waals surface area (Å²) in [6.45, 7) is 0.145. The molecule has 9 heteroatoms. The van der Waals surface area contributed by atoms with E-state index in [2.05, 4.69) is 4.72 Å². The molecule has 0 radical (unpaired) electrons. The van der Waals surface area contributed by atoms with E-state index in [1.165, 1.54) is 11.8 Å². The lowest BCUT2D eigenvalue weighted by Gasteiger charge is -2.08. The molecule has 0 aliphatic heterocycles. The molecule has 0 atom stereocenters. The normalized spacial score (nSPS) is 12.6. The molecule has 0 unspecified atom stereocenters. The number of sulfone groups is 1. The largest absolute Gasteiger partial charge is 0.243 e. The van der Waals surface area contributed by atoms with Crippen LogP contribution in [-0.2, 0) is 19.9 Å². The van der Waals surface area contributed by atoms with E-state index in [1.54, 1.807) is 6.26 Å². The highest BCUT2D eigenvalue weighted by Crippen LogP contribution is 2.19. The predicted octanol–water partition coefficient (Wildman–Crippen LogP) is 0.871. The third kappa shape index (κ3) is 4.44. The minimum Gasteiger partial charge on any atom is -0.224 e. The number of halogens is 1. The third-order valence-electron chi connectivity index (χ3n) is 2.22. The zero-order chi connectivity index (χ0) is 14.7. The van der Waals surface area contributed by atoms with E-state index in [9.17, 15) is 21.2 Å². The lowest BCUT2D eigenvalue weighted by atomic mass is 10.3. The highest BCUT2D eigenvalue weighted by Gasteiger charge is 2.21. The van der Waals surface area contributed by atoms with E-state index in [1.807, 2.05) is 0 Å². The molecule has 0 aliphatic carbocycles. The molecule has 0 saturated heterocycles. The summed E-state index contributed by atoms with van der Waals surface area (Å²) < 4.78 is 62.1. The maximum atomic E-state index is 13.5. The van der Waals surface area contributed by atoms with Gasteiger partial charge in [-0.15, -0.1) is 0 Å². The van der Waals surface area contributed by atoms with E-state index in [0.29, 0.717) is 5.75 Å². The Bertz CT molecular complexity index is 655. The average molecular weight is 327 g/mol. The number of nitrogens with one attached hydrogen (secondary N) is 1. The Kier molecular flexibility index (Phi) is 5.36. The summed E-state index contributed by atoms with van der Waals surface area (Å²) in [7, 11) is -7.64. The van der Waals surface area contributed by atoms with Gasteiger partial charge in [-0.1, -0.05) is 0 Å². The van der Waals surface area contributed by atoms with Crippen LogP contribution in [0.15, 0.2) is 28.0 Å². The van der Waals surface area contributed by atoms with Crippen LogP contribution in [0.5, 0.6) is 0 Å². The van der Waals surface area contributed by atoms with Gasteiger partial charge < -0.3 is 0 Å². The summed E-state index contributed by atoms with van der Waals surface area (Å²) in [6, 6.07) is 2.69. The number of hydrogen-bond acceptors (Lipinski definition) is 5. The second-order valence-corrected chi connectivity index (χ2v) is 8.49. The van der Waals surface area contributed by atoms with Crippen LogP contribution < -0.4 is 4.72 Å². The van der Waals surface area contributed by atoms with Crippen molar-refractivity contribution in [1.29, 1.82) is 0 Å². The molecular weight excluding hydrogens is 313 g/mol. The molecule has 0 saturated carbocycles. The van der Waals surface area contributed by atoms with Crippen LogP contribution in [0.1, 0.15) is 0 Å². The van der Waals surface area contributed by atoms with Gasteiger partial charge in [0.25, 0.3) is 0 Å². The first kappa shape index (κ1) is 16.4. The molecule has 108 valence electrons. The number of benzene rings is 1. The molecule has 1 rings (SSSR count). The van der Waals surface area contributed by atoms with Crippen LogP contribution in [0.2, 0.25) is 0 Å². The van der Waals surface area contributed by atoms with Crippen molar-refractivity contribution >= 4 is 31.6 Å². The van der Waals surface area contributed by atoms with Gasteiger partial charge in [0, 0.05) is 18.6 Å². The third-order valence-corrected chi connectivity index (χ3v) is 5.42. The van der Waals surface area contributed by atoms with Gasteiger partial charge in [-0.05, 0) is 24.5 Å². The topological polar surface area (TPSA) is 80.3 Å². The van der Waals surface area contributed by atoms with Crippen LogP contribution in [0.3, 0.4) is 0 Å². The summed E-state index contributed by atoms with van der Waals surface area (Å²) in [4.78, 5) is -0.893. The second-order valence-electron chi connectivity index (χ2n) is 3.75. The van der Waals surface area contributed by atoms with E-state index in [0.717, 1.165) is 24.5 Å². The van der Waals surface area contributed by atoms with Crippen LogP contribution in [-0.4, -0.2) is 41.6 Å². The zero-order valence-electron chi connectivity index (χ0n) is 10.4. The molecule has 5 nitrogen and oxygen atoms in total. The maximum Gasteiger partial charge on any atom is 0.243 e. The molecule has 0 amide bonds. The molecule has 1 N–H and O–H groups in total. The van der Waals surface area contributed by atoms with E-state index in [4.69, 9.17) is 0 Å². The summed E-state index contributed by atoms with van der Waals surface area (Å²) >= 11 is 1.43. The van der Waals surface area contributed by atoms with Gasteiger partial charge >= 0.3 is 0 Å². The van der Waals surface area contributed by atoms with Gasteiger partial charge in [-0.2, -0.15) is 11.8 Å². The van der Waals surface area contributed by atoms with Crippen molar-refractivity contribution in [1.82, 2.24) is 4.72 Å². The van der Waals surface area contributed by atoms with Crippen molar-refractivity contribution < 1.29 is 21.2 Å². The summed E-state index contributed by atoms with van der Waals surface area (Å²) in [5.41, 5.74) is 0. The molecule has 1 aromatic rings. The molecule has 0 aliphatic rings. The zero-order valence-corrected chi connectivity index (χ0v) is 12.8. The van der Waals surface area contributed by atoms with Crippen LogP contribution in [0.25, 0.3) is 0 Å². The minimum absolute atomic E-state index is 0.145. The van der Waals surface area contributed by atoms with Gasteiger partial charge in [0.1, 0.15) is 10.7 Å². The highest BCUT2D eigenvalue weighted by molar-refractivity contribution is 7.98. The first-order chi connectivity index (χ1) is 8.68. The molecule has 0 bridgehead atoms. The van der Waals surface area contributed by atoms with Crippen LogP contribution in [0, 0.1) is 5.82 Å². The summed E-state index contributed by atoms with van der Waals surface area (Å²) in [5.74, 6) is -0.448. The SMILES string of the molecule is CSCCNS(=O)(=O)c1cc(S(C)(=O)=O)ccc1F. The van der Waals surface area contributed by atoms with Crippen molar-refractivity contribution in [3.63, 3.8) is 0 Å². The monoisotopic (exact) mass is 327 g/mol. The van der Waals surface area contributed by atoms with Gasteiger partial charge in [0.2, 0.25) is 10.0 Å². The molecule has 0 spiro atoms. The fourth-order valence-corrected chi connectivity index (χ4v) is 3.57. The van der Waals surface area contributed by atoms with Gasteiger partial charge in [-0.25, -0.2) is 25.9 Å². The Labute approximate surface area is 116 Å². The standard InChI is InChI=1S/C10H14FNO4S3/c1-17-6-5-12-19(15,16)10-7-8(18(2,13)14)3-4-9(10)11/h3-4,7,12H,5-6H2,1-2H3. The van der Waals surface area contributed by atoms with Crippen molar-refractivity contribution in [3.8, 4) is 0 Å². The maximum absolute atomic E-state index is 13.5. The Hall–Kier alpha value is -0.640. The number of sulfonamides is 1. The van der Waals surface area contributed by atoms with Crippen molar-refractivity contribution in [3.05, 3.63) is 24.0 Å². The van der Waals surface area contributed by atoms with E-state index in [-0.39, 0.29) is 11.4 Å². The van der Waals surface area contributed by atoms with E-state index >= 15 is 0 Å². The Morgan fingerprint density at radius 1 is 1.26 bits per heavy atom. The molecule has 0 aromatic heterocycles. The predicted molar refractivity (Wildman–Crippen MR) is 73.1 cm³/mol. The fourth-order valence-electron chi connectivity index (χ4n) is 1.28. The van der Waals surface area contributed by atoms with Gasteiger partial charge in [0.05, 0.1) is 4.90 Å². The smallest absolute Gasteiger partial charge is 0.224 e. The molecule has 19 heavy (non-hydrogen) atoms. The van der Waals surface area contributed by atoms with Crippen LogP contribution in [0.4, 0.5) is 4.39 Å². The summed E-state index contributed by atoms with van der Waals surface area (Å²) in [5, 5.41) is 0. The minimum atomic E-state index is -4.05. The fraction of sp³-hybridized carbons (Fsp3) is 0.400. The highest BCUT2D eigenvalue weighted by atomic mass is 32.2. The Balaban J connectivity index is 3.19. The lowest BCUT2D eigenvalue weighted by Crippen LogP contribution is -2.27. The number of thioether (sulfide) groups is 1. The Morgan fingerprint density at radius 2 is 1.89 bits per heavy atom. The molecule has 1 aromatic carbocycles. The molecule has 0 heterocycles. The lowest BCUT2D eigenvalue weighted by molar-refractivity contribution is 0.557. The molecule has 0 fully saturated rings.